The zero-order valence-corrected chi connectivity index (χ0v) is 19.5. The minimum atomic E-state index is -5.95. The van der Waals surface area contributed by atoms with Crippen molar-refractivity contribution in [3.63, 3.8) is 0 Å². The number of halogens is 4. The Balaban J connectivity index is 1.54. The van der Waals surface area contributed by atoms with Crippen molar-refractivity contribution >= 4 is 31.2 Å². The van der Waals surface area contributed by atoms with Crippen LogP contribution in [0, 0.1) is 17.8 Å². The lowest BCUT2D eigenvalue weighted by Gasteiger charge is -2.39. The van der Waals surface area contributed by atoms with E-state index in [-0.39, 0.29) is 29.6 Å². The van der Waals surface area contributed by atoms with Crippen molar-refractivity contribution < 1.29 is 34.7 Å². The number of aromatic hydroxyl groups is 1. The van der Waals surface area contributed by atoms with Gasteiger partial charge in [0.2, 0.25) is 0 Å². The Morgan fingerprint density at radius 1 is 0.939 bits per heavy atom. The monoisotopic (exact) mass is 506 g/mol. The largest absolute Gasteiger partial charge is 0.507 e. The van der Waals surface area contributed by atoms with Gasteiger partial charge in [0.15, 0.2) is 0 Å². The summed E-state index contributed by atoms with van der Waals surface area (Å²) in [6.45, 7) is 0. The predicted octanol–water partition coefficient (Wildman–Crippen LogP) is 6.43. The maximum atomic E-state index is 15.2. The molecule has 3 fully saturated rings. The molecule has 1 N–H and O–H groups in total. The molecule has 0 amide bonds. The third-order valence-corrected chi connectivity index (χ3v) is 13.3. The Morgan fingerprint density at radius 2 is 1.61 bits per heavy atom. The molecule has 4 nitrogen and oxygen atoms in total. The van der Waals surface area contributed by atoms with Gasteiger partial charge in [-0.3, -0.25) is 0 Å². The van der Waals surface area contributed by atoms with Gasteiger partial charge >= 0.3 is 21.3 Å². The maximum Gasteiger partial charge on any atom is 0.432 e. The molecule has 182 valence electrons. The summed E-state index contributed by atoms with van der Waals surface area (Å²) < 4.78 is 91.7. The maximum absolute atomic E-state index is 15.2. The summed E-state index contributed by atoms with van der Waals surface area (Å²) in [6.07, 6.45) is 2.60. The van der Waals surface area contributed by atoms with E-state index in [1.54, 1.807) is 24.3 Å². The number of benzene rings is 2. The van der Waals surface area contributed by atoms with Crippen molar-refractivity contribution in [3.05, 3.63) is 36.4 Å². The summed E-state index contributed by atoms with van der Waals surface area (Å²) in [5, 5.41) is 5.77. The van der Waals surface area contributed by atoms with Gasteiger partial charge in [0.25, 0.3) is 0 Å². The quantitative estimate of drug-likeness (QED) is 0.459. The van der Waals surface area contributed by atoms with E-state index >= 15 is 17.6 Å². The van der Waals surface area contributed by atoms with Crippen LogP contribution in [0.25, 0.3) is 10.8 Å². The van der Waals surface area contributed by atoms with E-state index in [0.29, 0.717) is 41.4 Å². The van der Waals surface area contributed by atoms with Crippen molar-refractivity contribution in [2.45, 2.75) is 54.6 Å². The zero-order chi connectivity index (χ0) is 23.6. The second-order valence-electron chi connectivity index (χ2n) is 9.50. The van der Waals surface area contributed by atoms with E-state index in [9.17, 15) is 13.5 Å². The first-order chi connectivity index (χ1) is 15.5. The summed E-state index contributed by atoms with van der Waals surface area (Å²) in [4.78, 5) is 0.385. The van der Waals surface area contributed by atoms with Crippen LogP contribution in [-0.4, -0.2) is 36.2 Å². The molecule has 5 rings (SSSR count). The number of fused-ring (bicyclic) bond motifs is 3. The van der Waals surface area contributed by atoms with Crippen LogP contribution in [0.5, 0.6) is 5.75 Å². The van der Waals surface area contributed by atoms with Crippen molar-refractivity contribution in [1.29, 1.82) is 0 Å². The van der Waals surface area contributed by atoms with Crippen LogP contribution in [0.3, 0.4) is 0 Å². The molecule has 0 spiro atoms. The first kappa shape index (κ1) is 23.2. The first-order valence-electron chi connectivity index (χ1n) is 11.2. The number of hydrogen-bond acceptors (Lipinski definition) is 4. The van der Waals surface area contributed by atoms with Gasteiger partial charge in [-0.15, -0.1) is 0 Å². The third-order valence-electron chi connectivity index (χ3n) is 7.59. The van der Waals surface area contributed by atoms with E-state index in [1.165, 1.54) is 12.1 Å². The number of hydrogen-bond donors (Lipinski definition) is 1. The van der Waals surface area contributed by atoms with Gasteiger partial charge in [0.1, 0.15) is 5.75 Å². The van der Waals surface area contributed by atoms with Gasteiger partial charge in [-0.2, -0.15) is 26.0 Å². The lowest BCUT2D eigenvalue weighted by atomic mass is 9.84. The molecule has 2 aromatic carbocycles. The fraction of sp³-hybridized carbons (Fsp3) is 0.565. The Bertz CT molecular complexity index is 1180. The second-order valence-corrected chi connectivity index (χ2v) is 14.3. The van der Waals surface area contributed by atoms with Crippen molar-refractivity contribution in [2.24, 2.45) is 17.8 Å². The number of alkyl halides is 4. The van der Waals surface area contributed by atoms with Crippen LogP contribution in [-0.2, 0) is 13.7 Å². The molecule has 3 atom stereocenters. The molecule has 33 heavy (non-hydrogen) atoms. The lowest BCUT2D eigenvalue weighted by molar-refractivity contribution is -0.202. The summed E-state index contributed by atoms with van der Waals surface area (Å²) in [6, 6.07) is 9.48. The molecule has 1 heterocycles. The van der Waals surface area contributed by atoms with Gasteiger partial charge in [-0.25, -0.2) is 3.63 Å². The zero-order valence-electron chi connectivity index (χ0n) is 17.9. The van der Waals surface area contributed by atoms with E-state index in [0.717, 1.165) is 6.42 Å². The van der Waals surface area contributed by atoms with E-state index in [4.69, 9.17) is 3.63 Å². The smallest absolute Gasteiger partial charge is 0.432 e. The summed E-state index contributed by atoms with van der Waals surface area (Å²) in [5.74, 6) is -6.68. The molecular weight excluding hydrogens is 480 g/mol. The van der Waals surface area contributed by atoms with Gasteiger partial charge in [0.05, 0.1) is 0 Å². The van der Waals surface area contributed by atoms with Crippen LogP contribution in [0.15, 0.2) is 41.3 Å². The highest BCUT2D eigenvalue weighted by molar-refractivity contribution is 8.33. The SMILES string of the molecule is O=S(=O)(OS1(c2ccc(O)c3ccccc23)CCCC1)C(F)(F)C(F)(F)C1CC2CCC1C2. The van der Waals surface area contributed by atoms with Crippen molar-refractivity contribution in [1.82, 2.24) is 0 Å². The Morgan fingerprint density at radius 3 is 2.21 bits per heavy atom. The van der Waals surface area contributed by atoms with E-state index < -0.39 is 43.4 Å². The molecule has 3 aliphatic rings. The molecule has 1 aliphatic heterocycles. The van der Waals surface area contributed by atoms with Crippen molar-refractivity contribution in [2.75, 3.05) is 11.5 Å². The second kappa shape index (κ2) is 7.75. The molecule has 3 unspecified atom stereocenters. The molecule has 2 saturated carbocycles. The highest BCUT2D eigenvalue weighted by Crippen LogP contribution is 2.67. The van der Waals surface area contributed by atoms with Gasteiger partial charge in [-0.1, -0.05) is 41.0 Å². The highest BCUT2D eigenvalue weighted by Gasteiger charge is 2.73. The average Bonchev–Trinajstić information content (AvgIpc) is 3.51. The average molecular weight is 507 g/mol. The van der Waals surface area contributed by atoms with Crippen LogP contribution in [0.4, 0.5) is 17.6 Å². The number of phenolic OH excluding ortho intramolecular Hbond substituents is 1. The summed E-state index contributed by atoms with van der Waals surface area (Å²) in [7, 11) is -8.78. The standard InChI is InChI=1S/C23H26F4O4S2/c24-22(25,19-14-15-7-8-16(19)13-15)23(26,27)33(29,30)31-32(11-3-4-12-32)21-10-9-20(28)17-5-1-2-6-18(17)21/h1-2,5-6,9-10,15-16,19,28H,3-4,7-8,11-14H2. The van der Waals surface area contributed by atoms with Gasteiger partial charge in [-0.05, 0) is 61.5 Å². The molecule has 2 aromatic rings. The van der Waals surface area contributed by atoms with Crippen LogP contribution < -0.4 is 0 Å². The summed E-state index contributed by atoms with van der Waals surface area (Å²) in [5.41, 5.74) is 0. The third kappa shape index (κ3) is 3.46. The van der Waals surface area contributed by atoms with Crippen LogP contribution in [0.2, 0.25) is 0 Å². The van der Waals surface area contributed by atoms with E-state index in [2.05, 4.69) is 0 Å². The Labute approximate surface area is 192 Å². The Kier molecular flexibility index (Phi) is 5.45. The summed E-state index contributed by atoms with van der Waals surface area (Å²) >= 11 is 0. The number of phenols is 1. The molecule has 0 aromatic heterocycles. The topological polar surface area (TPSA) is 63.6 Å². The molecule has 2 bridgehead atoms. The van der Waals surface area contributed by atoms with Crippen LogP contribution >= 0.6 is 10.3 Å². The molecule has 0 radical (unpaired) electrons. The molecule has 1 saturated heterocycles. The minimum absolute atomic E-state index is 0.0412. The predicted molar refractivity (Wildman–Crippen MR) is 119 cm³/mol. The van der Waals surface area contributed by atoms with Gasteiger partial charge in [0, 0.05) is 27.7 Å². The van der Waals surface area contributed by atoms with E-state index in [1.807, 2.05) is 0 Å². The number of rotatable bonds is 6. The normalized spacial score (nSPS) is 28.4. The molecule has 2 aliphatic carbocycles. The Hall–Kier alpha value is -1.52. The molecule has 10 heteroatoms. The lowest BCUT2D eigenvalue weighted by Crippen LogP contribution is -2.53. The fourth-order valence-electron chi connectivity index (χ4n) is 5.96. The first-order valence-corrected chi connectivity index (χ1v) is 14.5. The highest BCUT2D eigenvalue weighted by atomic mass is 32.3. The van der Waals surface area contributed by atoms with Crippen molar-refractivity contribution in [3.8, 4) is 5.75 Å². The fourth-order valence-corrected chi connectivity index (χ4v) is 11.9. The molecular formula is C23H26F4O4S2. The van der Waals surface area contributed by atoms with Crippen LogP contribution in [0.1, 0.15) is 38.5 Å². The van der Waals surface area contributed by atoms with Gasteiger partial charge < -0.3 is 5.11 Å². The minimum Gasteiger partial charge on any atom is -0.507 e.